The molecule has 6 nitrogen and oxygen atoms in total. The van der Waals surface area contributed by atoms with Crippen LogP contribution in [0, 0.1) is 12.8 Å². The smallest absolute Gasteiger partial charge is 0.322 e. The van der Waals surface area contributed by atoms with Crippen molar-refractivity contribution in [1.29, 1.82) is 0 Å². The van der Waals surface area contributed by atoms with E-state index in [4.69, 9.17) is 5.73 Å². The third-order valence-electron chi connectivity index (χ3n) is 4.02. The lowest BCUT2D eigenvalue weighted by atomic mass is 9.70. The minimum atomic E-state index is -0.138. The first-order valence-electron chi connectivity index (χ1n) is 6.20. The molecule has 0 radical (unpaired) electrons. The summed E-state index contributed by atoms with van der Waals surface area (Å²) in [6.45, 7) is 3.22. The Balaban J connectivity index is 1.64. The summed E-state index contributed by atoms with van der Waals surface area (Å²) in [6, 6.07) is -0.110. The van der Waals surface area contributed by atoms with Crippen LogP contribution in [0.25, 0.3) is 0 Å². The lowest BCUT2D eigenvalue weighted by molar-refractivity contribution is 0.188. The van der Waals surface area contributed by atoms with Crippen LogP contribution < -0.4 is 11.1 Å². The fourth-order valence-corrected chi connectivity index (χ4v) is 2.70. The zero-order valence-corrected chi connectivity index (χ0v) is 10.4. The summed E-state index contributed by atoms with van der Waals surface area (Å²) in [7, 11) is 0. The van der Waals surface area contributed by atoms with Gasteiger partial charge in [0.05, 0.1) is 18.1 Å². The van der Waals surface area contributed by atoms with E-state index in [2.05, 4.69) is 15.3 Å². The predicted octanol–water partition coefficient (Wildman–Crippen LogP) is 0.740. The lowest BCUT2D eigenvalue weighted by Crippen LogP contribution is -2.54. The second-order valence-electron chi connectivity index (χ2n) is 5.30. The Kier molecular flexibility index (Phi) is 2.48. The molecule has 96 valence electrons. The molecule has 1 aromatic rings. The highest BCUT2D eigenvalue weighted by molar-refractivity contribution is 5.89. The largest absolute Gasteiger partial charge is 0.323 e. The molecule has 3 N–H and O–H groups in total. The van der Waals surface area contributed by atoms with E-state index in [0.717, 1.165) is 19.4 Å². The summed E-state index contributed by atoms with van der Waals surface area (Å²) in [5.74, 6) is 1.16. The lowest BCUT2D eigenvalue weighted by Gasteiger charge is -2.39. The van der Waals surface area contributed by atoms with E-state index < -0.39 is 0 Å². The van der Waals surface area contributed by atoms with Crippen molar-refractivity contribution in [2.24, 2.45) is 11.7 Å². The highest BCUT2D eigenvalue weighted by atomic mass is 16.2. The number of anilines is 1. The van der Waals surface area contributed by atoms with E-state index in [0.29, 0.717) is 24.0 Å². The van der Waals surface area contributed by atoms with Crippen molar-refractivity contribution in [3.8, 4) is 0 Å². The van der Waals surface area contributed by atoms with Crippen LogP contribution >= 0.6 is 0 Å². The molecule has 0 unspecified atom stereocenters. The fraction of sp³-hybridized carbons (Fsp3) is 0.583. The molecule has 6 heteroatoms. The normalized spacial score (nSPS) is 29.7. The summed E-state index contributed by atoms with van der Waals surface area (Å²) in [5.41, 5.74) is 6.69. The van der Waals surface area contributed by atoms with Gasteiger partial charge in [-0.1, -0.05) is 0 Å². The Hall–Kier alpha value is -1.69. The van der Waals surface area contributed by atoms with Crippen LogP contribution in [-0.2, 0) is 0 Å². The van der Waals surface area contributed by atoms with Crippen molar-refractivity contribution in [3.63, 3.8) is 0 Å². The predicted molar refractivity (Wildman–Crippen MR) is 67.0 cm³/mol. The zero-order valence-electron chi connectivity index (χ0n) is 10.4. The number of likely N-dealkylation sites (tertiary alicyclic amines) is 1. The number of nitrogens with one attached hydrogen (secondary N) is 1. The van der Waals surface area contributed by atoms with Gasteiger partial charge in [0, 0.05) is 18.6 Å². The average molecular weight is 247 g/mol. The summed E-state index contributed by atoms with van der Waals surface area (Å²) in [5, 5.41) is 2.80. The van der Waals surface area contributed by atoms with Crippen molar-refractivity contribution in [2.75, 3.05) is 18.4 Å². The number of fused-ring (bicyclic) bond motifs is 1. The first kappa shape index (κ1) is 11.4. The van der Waals surface area contributed by atoms with Crippen molar-refractivity contribution in [2.45, 2.75) is 25.3 Å². The van der Waals surface area contributed by atoms with E-state index in [1.165, 1.54) is 0 Å². The first-order chi connectivity index (χ1) is 8.57. The van der Waals surface area contributed by atoms with Gasteiger partial charge in [-0.15, -0.1) is 0 Å². The summed E-state index contributed by atoms with van der Waals surface area (Å²) >= 11 is 0. The van der Waals surface area contributed by atoms with Gasteiger partial charge in [-0.25, -0.2) is 14.8 Å². The molecule has 2 heterocycles. The summed E-state index contributed by atoms with van der Waals surface area (Å²) in [6.07, 6.45) is 5.38. The molecule has 1 aliphatic heterocycles. The molecular formula is C12H17N5O. The van der Waals surface area contributed by atoms with Crippen molar-refractivity contribution in [3.05, 3.63) is 18.2 Å². The molecule has 0 spiro atoms. The van der Waals surface area contributed by atoms with Gasteiger partial charge in [0.15, 0.2) is 0 Å². The number of nitrogens with two attached hydrogens (primary N) is 1. The molecule has 3 rings (SSSR count). The number of aryl methyl sites for hydroxylation is 1. The van der Waals surface area contributed by atoms with Crippen molar-refractivity contribution in [1.82, 2.24) is 14.9 Å². The number of nitrogens with zero attached hydrogens (tertiary/aromatic N) is 3. The molecule has 0 bridgehead atoms. The van der Waals surface area contributed by atoms with E-state index in [1.807, 2.05) is 6.92 Å². The number of rotatable bonds is 1. The fourth-order valence-electron chi connectivity index (χ4n) is 2.70. The minimum Gasteiger partial charge on any atom is -0.323 e. The van der Waals surface area contributed by atoms with Crippen LogP contribution in [0.4, 0.5) is 10.5 Å². The molecule has 2 amide bonds. The van der Waals surface area contributed by atoms with Crippen LogP contribution in [0.3, 0.4) is 0 Å². The molecule has 1 saturated carbocycles. The van der Waals surface area contributed by atoms with Crippen molar-refractivity contribution < 1.29 is 4.79 Å². The van der Waals surface area contributed by atoms with Gasteiger partial charge < -0.3 is 16.0 Å². The molecule has 2 atom stereocenters. The van der Waals surface area contributed by atoms with Crippen LogP contribution in [-0.4, -0.2) is 39.5 Å². The topological polar surface area (TPSA) is 84.1 Å². The Morgan fingerprint density at radius 1 is 1.56 bits per heavy atom. The minimum absolute atomic E-state index is 0.110. The molecule has 2 fully saturated rings. The number of hydrogen-bond acceptors (Lipinski definition) is 4. The number of carbonyl (C=O) groups excluding carboxylic acids is 1. The molecule has 1 aliphatic carbocycles. The monoisotopic (exact) mass is 247 g/mol. The van der Waals surface area contributed by atoms with Gasteiger partial charge in [-0.3, -0.25) is 0 Å². The van der Waals surface area contributed by atoms with Gasteiger partial charge in [0.2, 0.25) is 0 Å². The van der Waals surface area contributed by atoms with Crippen LogP contribution in [0.2, 0.25) is 0 Å². The second-order valence-corrected chi connectivity index (χ2v) is 5.30. The van der Waals surface area contributed by atoms with Gasteiger partial charge in [-0.2, -0.15) is 0 Å². The van der Waals surface area contributed by atoms with Gasteiger partial charge >= 0.3 is 6.03 Å². The van der Waals surface area contributed by atoms with Crippen LogP contribution in [0.15, 0.2) is 12.4 Å². The molecular weight excluding hydrogens is 230 g/mol. The SMILES string of the molecule is Cc1ncc(NC(=O)N2C[C@@H]3CC[C@]3(N)C2)cn1. The van der Waals surface area contributed by atoms with E-state index in [1.54, 1.807) is 17.3 Å². The summed E-state index contributed by atoms with van der Waals surface area (Å²) < 4.78 is 0. The van der Waals surface area contributed by atoms with E-state index >= 15 is 0 Å². The van der Waals surface area contributed by atoms with Crippen molar-refractivity contribution >= 4 is 11.7 Å². The second kappa shape index (κ2) is 3.91. The van der Waals surface area contributed by atoms with Gasteiger partial charge in [0.1, 0.15) is 5.82 Å². The maximum Gasteiger partial charge on any atom is 0.322 e. The Morgan fingerprint density at radius 3 is 2.78 bits per heavy atom. The molecule has 2 aliphatic rings. The summed E-state index contributed by atoms with van der Waals surface area (Å²) in [4.78, 5) is 21.9. The first-order valence-corrected chi connectivity index (χ1v) is 6.20. The van der Waals surface area contributed by atoms with Crippen LogP contribution in [0.1, 0.15) is 18.7 Å². The molecule has 18 heavy (non-hydrogen) atoms. The third kappa shape index (κ3) is 1.82. The quantitative estimate of drug-likeness (QED) is 0.766. The maximum atomic E-state index is 12.1. The average Bonchev–Trinajstić information content (AvgIpc) is 2.57. The molecule has 1 aromatic heterocycles. The number of hydrogen-bond donors (Lipinski definition) is 2. The highest BCUT2D eigenvalue weighted by Crippen LogP contribution is 2.42. The van der Waals surface area contributed by atoms with Gasteiger partial charge in [0.25, 0.3) is 0 Å². The third-order valence-corrected chi connectivity index (χ3v) is 4.02. The molecule has 1 saturated heterocycles. The maximum absolute atomic E-state index is 12.1. The van der Waals surface area contributed by atoms with E-state index in [-0.39, 0.29) is 11.6 Å². The number of carbonyl (C=O) groups is 1. The Bertz CT molecular complexity index is 474. The van der Waals surface area contributed by atoms with E-state index in [9.17, 15) is 4.79 Å². The molecule has 0 aromatic carbocycles. The van der Waals surface area contributed by atoms with Gasteiger partial charge in [-0.05, 0) is 25.7 Å². The number of amides is 2. The Morgan fingerprint density at radius 2 is 2.28 bits per heavy atom. The Labute approximate surface area is 106 Å². The van der Waals surface area contributed by atoms with Crippen LogP contribution in [0.5, 0.6) is 0 Å². The highest BCUT2D eigenvalue weighted by Gasteiger charge is 2.51. The number of urea groups is 1. The zero-order chi connectivity index (χ0) is 12.8. The standard InChI is InChI=1S/C12H17N5O/c1-8-14-4-10(5-15-8)16-11(18)17-6-9-2-3-12(9,13)7-17/h4-5,9H,2-3,6-7,13H2,1H3,(H,16,18)/t9-,12-/m0/s1. The number of aromatic nitrogens is 2.